The third-order valence-corrected chi connectivity index (χ3v) is 27.3. The Morgan fingerprint density at radius 3 is 1.84 bits per heavy atom. The average Bonchev–Trinajstić information content (AvgIpc) is 1.52. The molecule has 0 aliphatic carbocycles. The van der Waals surface area contributed by atoms with Crippen LogP contribution in [0.5, 0.6) is 0 Å². The Kier molecular flexibility index (Phi) is 29.1. The van der Waals surface area contributed by atoms with Gasteiger partial charge < -0.3 is 63.6 Å². The second-order valence-corrected chi connectivity index (χ2v) is 34.8. The van der Waals surface area contributed by atoms with E-state index >= 15 is 4.79 Å². The van der Waals surface area contributed by atoms with Gasteiger partial charge in [0, 0.05) is 165 Å². The summed E-state index contributed by atoms with van der Waals surface area (Å²) in [5.74, 6) is -7.27. The van der Waals surface area contributed by atoms with E-state index in [-0.39, 0.29) is 122 Å². The molecule has 7 aliphatic rings. The Morgan fingerprint density at radius 1 is 0.581 bits per heavy atom. The van der Waals surface area contributed by atoms with Crippen molar-refractivity contribution in [3.05, 3.63) is 135 Å². The van der Waals surface area contributed by atoms with Gasteiger partial charge in [-0.05, 0) is 175 Å². The van der Waals surface area contributed by atoms with Gasteiger partial charge in [-0.2, -0.15) is 0 Å². The van der Waals surface area contributed by atoms with Crippen molar-refractivity contribution in [2.24, 2.45) is 60.3 Å². The van der Waals surface area contributed by atoms with Gasteiger partial charge in [0.25, 0.3) is 0 Å². The molecule has 1 amide bonds. The van der Waals surface area contributed by atoms with Crippen LogP contribution in [-0.4, -0.2) is 191 Å². The second-order valence-electron chi connectivity index (χ2n) is 34.8. The van der Waals surface area contributed by atoms with E-state index in [9.17, 15) is 43.5 Å². The van der Waals surface area contributed by atoms with Gasteiger partial charge in [-0.25, -0.2) is 14.6 Å². The molecular formula is C94H120N12O18. The molecule has 124 heavy (non-hydrogen) atoms. The van der Waals surface area contributed by atoms with Crippen molar-refractivity contribution >= 4 is 121 Å². The first-order valence-electron chi connectivity index (χ1n) is 42.5. The Labute approximate surface area is 723 Å². The summed E-state index contributed by atoms with van der Waals surface area (Å²) in [5, 5.41) is 25.7. The predicted molar refractivity (Wildman–Crippen MR) is 470 cm³/mol. The van der Waals surface area contributed by atoms with Gasteiger partial charge in [0.15, 0.2) is 0 Å². The monoisotopic (exact) mass is 1700 g/mol. The summed E-state index contributed by atoms with van der Waals surface area (Å²) in [4.78, 5) is 158. The standard InChI is InChI=1S/C94H120N12O18/c1-21-58-51(3)66-43-67-53(5)60(25-30-77(108)109)72(98-67)46-73-61(54(6)69(99-73)45-71-59(22-2)52(4)68(97-71)44-70(58)96-66)26-31-82(114)124-41-40-123-39-38-106-50-57(104-105-106)24-23-37-95-76(107)48-92(12)62(27-32-78(110)117-15)74-47-75-90(9,10)63(28-33-79(111)118-16)85(101-75)55(7)87-91(11,36-35-81(113)120-18)65(42-83(115)121-19)89(102-87)94(14)93(13,49-84(116)122-20)64(29-34-80(112)119-17)86(103-94)56(8)88(92)100-74/h21-22,43-47,50,62-65,89,96,99,102H,1-2,23-42,48-49H2,3-20H3,(H,95,107)(H,108,109)/b66-43?,67-43?,68-44?,69-45?,70-44?,71-45?,72-46?,73-46?,75-47-,87-55-,88-56-/t62-,63-,64-,65+,89?,91-,92+,93+,94+/m1/s1. The molecule has 0 saturated carbocycles. The molecule has 0 radical (unpaired) electrons. The summed E-state index contributed by atoms with van der Waals surface area (Å²) in [7, 11) is 7.89. The number of allylic oxidation sites excluding steroid dienone is 11. The van der Waals surface area contributed by atoms with Crippen LogP contribution in [-0.2, 0) is 100 Å². The topological polar surface area (TPSA) is 397 Å². The Bertz CT molecular complexity index is 5410. The van der Waals surface area contributed by atoms with E-state index in [4.69, 9.17) is 62.8 Å². The molecule has 664 valence electrons. The fourth-order valence-electron chi connectivity index (χ4n) is 19.8. The number of carboxylic acids is 1. The van der Waals surface area contributed by atoms with Crippen molar-refractivity contribution < 1.29 is 86.2 Å². The minimum atomic E-state index is -1.41. The van der Waals surface area contributed by atoms with Gasteiger partial charge in [-0.3, -0.25) is 58.1 Å². The van der Waals surface area contributed by atoms with Gasteiger partial charge in [-0.1, -0.05) is 65.1 Å². The van der Waals surface area contributed by atoms with Crippen LogP contribution in [0.1, 0.15) is 216 Å². The van der Waals surface area contributed by atoms with Crippen molar-refractivity contribution in [2.75, 3.05) is 69.0 Å². The zero-order chi connectivity index (χ0) is 90.2. The Hall–Kier alpha value is -11.6. The highest BCUT2D eigenvalue weighted by molar-refractivity contribution is 6.10. The molecule has 0 spiro atoms. The molecule has 30 heteroatoms. The Morgan fingerprint density at radius 2 is 1.19 bits per heavy atom. The van der Waals surface area contributed by atoms with E-state index in [1.54, 1.807) is 10.8 Å². The first-order valence-corrected chi connectivity index (χ1v) is 42.5. The van der Waals surface area contributed by atoms with Crippen LogP contribution >= 0.6 is 0 Å². The number of aryl methyl sites for hydroxylation is 4. The lowest BCUT2D eigenvalue weighted by Gasteiger charge is -2.48. The van der Waals surface area contributed by atoms with Gasteiger partial charge in [0.05, 0.1) is 121 Å². The summed E-state index contributed by atoms with van der Waals surface area (Å²) in [6.45, 7) is 32.9. The highest BCUT2D eigenvalue weighted by Crippen LogP contribution is 2.63. The number of aromatic amines is 2. The number of amides is 1. The van der Waals surface area contributed by atoms with E-state index in [1.165, 1.54) is 42.7 Å². The van der Waals surface area contributed by atoms with Crippen molar-refractivity contribution in [1.29, 1.82) is 0 Å². The van der Waals surface area contributed by atoms with E-state index < -0.39 is 105 Å². The third kappa shape index (κ3) is 18.9. The number of carboxylic acid groups (broad SMARTS) is 1. The number of nitrogens with zero attached hydrogens (tertiary/aromatic N) is 8. The van der Waals surface area contributed by atoms with Crippen LogP contribution in [0.15, 0.2) is 99.0 Å². The maximum absolute atomic E-state index is 15.1. The minimum absolute atomic E-state index is 0.0000868. The minimum Gasteiger partial charge on any atom is -0.481 e. The highest BCUT2D eigenvalue weighted by Gasteiger charge is 2.67. The van der Waals surface area contributed by atoms with Crippen LogP contribution < -0.4 is 10.6 Å². The van der Waals surface area contributed by atoms with E-state index in [0.29, 0.717) is 99.5 Å². The largest absolute Gasteiger partial charge is 0.481 e. The number of aliphatic imine (C=N–C) groups is 3. The van der Waals surface area contributed by atoms with Gasteiger partial charge in [-0.15, -0.1) is 5.10 Å². The molecule has 4 aromatic rings. The number of aromatic nitrogens is 7. The highest BCUT2D eigenvalue weighted by atomic mass is 16.6. The quantitative estimate of drug-likeness (QED) is 0.0160. The zero-order valence-corrected chi connectivity index (χ0v) is 74.9. The number of hydrogen-bond acceptors (Lipinski definition) is 25. The number of aliphatic carboxylic acids is 1. The molecule has 11 rings (SSSR count). The maximum Gasteiger partial charge on any atom is 0.306 e. The Balaban J connectivity index is 0.818. The number of fused-ring (bicyclic) bond motifs is 14. The number of methoxy groups -OCH3 is 6. The molecule has 1 saturated heterocycles. The number of esters is 7. The lowest BCUT2D eigenvalue weighted by Crippen LogP contribution is -2.58. The average molecular weight is 1710 g/mol. The molecule has 11 heterocycles. The molecule has 16 bridgehead atoms. The molecule has 9 atom stereocenters. The lowest BCUT2D eigenvalue weighted by molar-refractivity contribution is -0.147. The van der Waals surface area contributed by atoms with Gasteiger partial charge in [0.2, 0.25) is 5.91 Å². The number of rotatable bonds is 36. The van der Waals surface area contributed by atoms with Gasteiger partial charge >= 0.3 is 47.8 Å². The van der Waals surface area contributed by atoms with Crippen LogP contribution in [0.3, 0.4) is 0 Å². The number of hydrogen-bond donors (Lipinski definition) is 5. The number of ether oxygens (including phenoxy) is 8. The fourth-order valence-corrected chi connectivity index (χ4v) is 19.8. The van der Waals surface area contributed by atoms with Crippen molar-refractivity contribution in [3.63, 3.8) is 0 Å². The summed E-state index contributed by atoms with van der Waals surface area (Å²) in [6, 6.07) is 7.06. The van der Waals surface area contributed by atoms with Crippen LogP contribution in [0.4, 0.5) is 0 Å². The SMILES string of the molecule is C=CC1=C(C)c2cc3[nH]c(cc4nc(cc5[nH]c(cc1n2)c(C)c5CCC(=O)OCCOCCn1cc(CCCNC(=O)C[C@]2(C)/C5=C(\C)C6=N[C@@](C)(C7N/C(=C(/C)C8=N/C(=C\C(=N5)[C@H]2CCC(=O)OC)C(C)(C)[C@@H]8CCC(=O)OC)[C@](C)(CCC(=O)OC)[C@H]7CC(=O)OC)[C@@](C)(CC(=O)OC)[C@@H]6CCC(=O)OC)nn1)C(CCC(=O)O)=C4C)c(C)c3C=C. The van der Waals surface area contributed by atoms with Crippen LogP contribution in [0, 0.1) is 59.2 Å². The number of H-pyrrole nitrogens is 2. The van der Waals surface area contributed by atoms with Crippen molar-refractivity contribution in [2.45, 2.75) is 210 Å². The summed E-state index contributed by atoms with van der Waals surface area (Å²) < 4.78 is 45.4. The molecular weight excluding hydrogens is 1590 g/mol. The molecule has 1 fully saturated rings. The first-order chi connectivity index (χ1) is 58.9. The normalized spacial score (nSPS) is 24.6. The number of nitrogens with one attached hydrogen (secondary N) is 4. The predicted octanol–water partition coefficient (Wildman–Crippen LogP) is 13.7. The number of carbonyl (C=O) groups is 9. The fraction of sp³-hybridized carbons (Fsp3) is 0.532. The third-order valence-electron chi connectivity index (χ3n) is 27.3. The smallest absolute Gasteiger partial charge is 0.306 e. The maximum atomic E-state index is 15.1. The molecule has 0 aromatic carbocycles. The van der Waals surface area contributed by atoms with E-state index in [0.717, 1.165) is 66.8 Å². The van der Waals surface area contributed by atoms with Crippen molar-refractivity contribution in [3.8, 4) is 0 Å². The zero-order valence-electron chi connectivity index (χ0n) is 74.9. The van der Waals surface area contributed by atoms with Crippen molar-refractivity contribution in [1.82, 2.24) is 45.6 Å². The van der Waals surface area contributed by atoms with Crippen LogP contribution in [0.25, 0.3) is 50.4 Å². The summed E-state index contributed by atoms with van der Waals surface area (Å²) >= 11 is 0. The van der Waals surface area contributed by atoms with E-state index in [1.807, 2.05) is 112 Å². The van der Waals surface area contributed by atoms with Gasteiger partial charge in [0.1, 0.15) is 6.61 Å². The lowest BCUT2D eigenvalue weighted by atomic mass is 9.56. The summed E-state index contributed by atoms with van der Waals surface area (Å²) in [5.41, 5.74) is 12.6. The molecule has 30 nitrogen and oxygen atoms in total. The molecule has 7 aliphatic heterocycles. The first kappa shape index (κ1) is 93.1. The van der Waals surface area contributed by atoms with Crippen LogP contribution in [0.2, 0.25) is 0 Å². The molecule has 5 N–H and O–H groups in total. The summed E-state index contributed by atoms with van der Waals surface area (Å²) in [6.07, 6.45) is 8.79. The second kappa shape index (κ2) is 38.7. The molecule has 4 aromatic heterocycles. The molecule has 1 unspecified atom stereocenters. The van der Waals surface area contributed by atoms with E-state index in [2.05, 4.69) is 57.9 Å². The number of carbonyl (C=O) groups excluding carboxylic acids is 8.